The van der Waals surface area contributed by atoms with Crippen molar-refractivity contribution >= 4 is 34.5 Å². The first-order valence-electron chi connectivity index (χ1n) is 8.21. The lowest BCUT2D eigenvalue weighted by atomic mass is 9.99. The lowest BCUT2D eigenvalue weighted by molar-refractivity contribution is 0.200. The van der Waals surface area contributed by atoms with Crippen LogP contribution in [0.2, 0.25) is 4.34 Å². The first kappa shape index (κ1) is 17.8. The lowest BCUT2D eigenvalue weighted by Crippen LogP contribution is -2.42. The Hall–Kier alpha value is -1.98. The summed E-state index contributed by atoms with van der Waals surface area (Å²) in [5.41, 5.74) is 2.45. The van der Waals surface area contributed by atoms with Crippen LogP contribution in [0.1, 0.15) is 29.8 Å². The second-order valence-electron chi connectivity index (χ2n) is 5.97. The van der Waals surface area contributed by atoms with Crippen LogP contribution in [-0.4, -0.2) is 31.1 Å². The minimum atomic E-state index is -0.0445. The molecule has 1 aromatic heterocycles. The van der Waals surface area contributed by atoms with E-state index in [0.29, 0.717) is 13.1 Å². The van der Waals surface area contributed by atoms with Gasteiger partial charge in [-0.3, -0.25) is 0 Å². The van der Waals surface area contributed by atoms with Gasteiger partial charge in [0, 0.05) is 18.0 Å². The molecule has 4 nitrogen and oxygen atoms in total. The van der Waals surface area contributed by atoms with Gasteiger partial charge in [-0.25, -0.2) is 4.79 Å². The molecule has 2 aromatic rings. The number of rotatable bonds is 4. The van der Waals surface area contributed by atoms with Crippen molar-refractivity contribution in [3.63, 3.8) is 0 Å². The number of amides is 2. The third-order valence-electron chi connectivity index (χ3n) is 4.32. The van der Waals surface area contributed by atoms with Gasteiger partial charge in [0.25, 0.3) is 0 Å². The highest BCUT2D eigenvalue weighted by molar-refractivity contribution is 7.16. The van der Waals surface area contributed by atoms with E-state index in [2.05, 4.69) is 23.5 Å². The summed E-state index contributed by atoms with van der Waals surface area (Å²) >= 11 is 7.46. The molecule has 1 aromatic carbocycles. The number of methoxy groups -OCH3 is 1. The summed E-state index contributed by atoms with van der Waals surface area (Å²) in [6.45, 7) is 3.30. The maximum absolute atomic E-state index is 12.5. The van der Waals surface area contributed by atoms with Gasteiger partial charge in [0.1, 0.15) is 5.75 Å². The van der Waals surface area contributed by atoms with E-state index in [9.17, 15) is 4.79 Å². The van der Waals surface area contributed by atoms with Gasteiger partial charge in [-0.15, -0.1) is 11.3 Å². The Morgan fingerprint density at radius 2 is 2.04 bits per heavy atom. The first-order valence-corrected chi connectivity index (χ1v) is 9.40. The summed E-state index contributed by atoms with van der Waals surface area (Å²) in [5, 5.41) is 3.04. The van der Waals surface area contributed by atoms with Crippen molar-refractivity contribution in [1.82, 2.24) is 10.2 Å². The van der Waals surface area contributed by atoms with E-state index >= 15 is 0 Å². The number of carbonyl (C=O) groups excluding carboxylic acids is 1. The summed E-state index contributed by atoms with van der Waals surface area (Å²) in [6.07, 6.45) is 2.97. The second-order valence-corrected chi connectivity index (χ2v) is 7.71. The van der Waals surface area contributed by atoms with Gasteiger partial charge < -0.3 is 15.0 Å². The molecule has 2 amide bonds. The van der Waals surface area contributed by atoms with Crippen molar-refractivity contribution in [1.29, 1.82) is 0 Å². The Labute approximate surface area is 157 Å². The van der Waals surface area contributed by atoms with E-state index in [0.717, 1.165) is 21.4 Å². The summed E-state index contributed by atoms with van der Waals surface area (Å²) < 4.78 is 5.93. The minimum absolute atomic E-state index is 0.0398. The highest BCUT2D eigenvalue weighted by atomic mass is 35.5. The largest absolute Gasteiger partial charge is 0.497 e. The van der Waals surface area contributed by atoms with Crippen LogP contribution in [0, 0.1) is 0 Å². The molecular weight excluding hydrogens is 356 g/mol. The van der Waals surface area contributed by atoms with Crippen LogP contribution in [0.25, 0.3) is 5.57 Å². The number of nitrogens with zero attached hydrogens (tertiary/aromatic N) is 1. The number of benzene rings is 1. The Morgan fingerprint density at radius 1 is 1.28 bits per heavy atom. The predicted molar refractivity (Wildman–Crippen MR) is 103 cm³/mol. The van der Waals surface area contributed by atoms with Gasteiger partial charge in [0.15, 0.2) is 0 Å². The van der Waals surface area contributed by atoms with Gasteiger partial charge >= 0.3 is 6.03 Å². The molecule has 0 bridgehead atoms. The molecule has 1 N–H and O–H groups in total. The van der Waals surface area contributed by atoms with Crippen LogP contribution in [0.5, 0.6) is 5.75 Å². The van der Waals surface area contributed by atoms with Crippen molar-refractivity contribution < 1.29 is 9.53 Å². The maximum Gasteiger partial charge on any atom is 0.318 e. The van der Waals surface area contributed by atoms with Gasteiger partial charge in [-0.1, -0.05) is 29.8 Å². The summed E-state index contributed by atoms with van der Waals surface area (Å²) in [7, 11) is 1.66. The van der Waals surface area contributed by atoms with Crippen molar-refractivity contribution in [3.8, 4) is 5.75 Å². The Morgan fingerprint density at radius 3 is 2.60 bits per heavy atom. The van der Waals surface area contributed by atoms with Crippen molar-refractivity contribution in [3.05, 3.63) is 57.3 Å². The molecule has 6 heteroatoms. The normalized spacial score (nSPS) is 15.5. The molecule has 2 heterocycles. The molecule has 0 saturated heterocycles. The SMILES string of the molecule is COc1ccc(C2=CCN(C(=O)N[C@@H](C)c3ccc(Cl)s3)CC2)cc1. The molecule has 0 fully saturated rings. The molecule has 0 saturated carbocycles. The molecule has 0 aliphatic carbocycles. The lowest BCUT2D eigenvalue weighted by Gasteiger charge is -2.28. The maximum atomic E-state index is 12.5. The number of hydrogen-bond donors (Lipinski definition) is 1. The average Bonchev–Trinajstić information content (AvgIpc) is 3.08. The quantitative estimate of drug-likeness (QED) is 0.818. The fourth-order valence-corrected chi connectivity index (χ4v) is 3.89. The zero-order valence-corrected chi connectivity index (χ0v) is 15.9. The Balaban J connectivity index is 1.58. The van der Waals surface area contributed by atoms with Crippen molar-refractivity contribution in [2.45, 2.75) is 19.4 Å². The van der Waals surface area contributed by atoms with E-state index in [-0.39, 0.29) is 12.1 Å². The van der Waals surface area contributed by atoms with Gasteiger partial charge in [0.2, 0.25) is 0 Å². The Kier molecular flexibility index (Phi) is 5.66. The number of nitrogens with one attached hydrogen (secondary N) is 1. The predicted octanol–water partition coefficient (Wildman–Crippen LogP) is 4.97. The van der Waals surface area contributed by atoms with Crippen LogP contribution in [0.3, 0.4) is 0 Å². The molecule has 0 unspecified atom stereocenters. The van der Waals surface area contributed by atoms with Crippen LogP contribution in [0.15, 0.2) is 42.5 Å². The summed E-state index contributed by atoms with van der Waals surface area (Å²) in [6, 6.07) is 11.8. The van der Waals surface area contributed by atoms with Crippen LogP contribution >= 0.6 is 22.9 Å². The monoisotopic (exact) mass is 376 g/mol. The number of ether oxygens (including phenoxy) is 1. The van der Waals surface area contributed by atoms with E-state index in [1.807, 2.05) is 36.1 Å². The highest BCUT2D eigenvalue weighted by Crippen LogP contribution is 2.27. The smallest absolute Gasteiger partial charge is 0.318 e. The van der Waals surface area contributed by atoms with E-state index < -0.39 is 0 Å². The minimum Gasteiger partial charge on any atom is -0.497 e. The number of carbonyl (C=O) groups is 1. The topological polar surface area (TPSA) is 41.6 Å². The summed E-state index contributed by atoms with van der Waals surface area (Å²) in [5.74, 6) is 0.851. The van der Waals surface area contributed by atoms with Crippen molar-refractivity contribution in [2.24, 2.45) is 0 Å². The fraction of sp³-hybridized carbons (Fsp3) is 0.316. The highest BCUT2D eigenvalue weighted by Gasteiger charge is 2.20. The summed E-state index contributed by atoms with van der Waals surface area (Å²) in [4.78, 5) is 15.3. The van der Waals surface area contributed by atoms with Gasteiger partial charge in [-0.05, 0) is 48.7 Å². The number of urea groups is 1. The molecule has 132 valence electrons. The first-order chi connectivity index (χ1) is 12.1. The average molecular weight is 377 g/mol. The van der Waals surface area contributed by atoms with E-state index in [1.165, 1.54) is 22.5 Å². The van der Waals surface area contributed by atoms with Crippen molar-refractivity contribution in [2.75, 3.05) is 20.2 Å². The van der Waals surface area contributed by atoms with E-state index in [4.69, 9.17) is 16.3 Å². The van der Waals surface area contributed by atoms with Crippen LogP contribution in [0.4, 0.5) is 4.79 Å². The van der Waals surface area contributed by atoms with Crippen LogP contribution in [-0.2, 0) is 0 Å². The Bertz CT molecular complexity index is 770. The molecule has 0 spiro atoms. The zero-order valence-electron chi connectivity index (χ0n) is 14.3. The standard InChI is InChI=1S/C19H21ClN2O2S/c1-13(17-7-8-18(20)25-17)21-19(23)22-11-9-15(10-12-22)14-3-5-16(24-2)6-4-14/h3-9,13H,10-12H2,1-2H3,(H,21,23)/t13-/m0/s1. The number of halogens is 1. The fourth-order valence-electron chi connectivity index (χ4n) is 2.83. The molecule has 3 rings (SSSR count). The number of hydrogen-bond acceptors (Lipinski definition) is 3. The molecule has 1 aliphatic rings. The van der Waals surface area contributed by atoms with Crippen LogP contribution < -0.4 is 10.1 Å². The molecule has 1 aliphatic heterocycles. The number of thiophene rings is 1. The molecule has 1 atom stereocenters. The third kappa shape index (κ3) is 4.35. The van der Waals surface area contributed by atoms with Gasteiger partial charge in [0.05, 0.1) is 17.5 Å². The molecular formula is C19H21ClN2O2S. The molecule has 0 radical (unpaired) electrons. The second kappa shape index (κ2) is 7.93. The molecule has 25 heavy (non-hydrogen) atoms. The van der Waals surface area contributed by atoms with E-state index in [1.54, 1.807) is 7.11 Å². The zero-order chi connectivity index (χ0) is 17.8. The van der Waals surface area contributed by atoms with Gasteiger partial charge in [-0.2, -0.15) is 0 Å². The third-order valence-corrected chi connectivity index (χ3v) is 5.73.